The lowest BCUT2D eigenvalue weighted by atomic mass is 10.2. The van der Waals surface area contributed by atoms with Crippen LogP contribution in [-0.4, -0.2) is 30.2 Å². The van der Waals surface area contributed by atoms with E-state index in [1.165, 1.54) is 45.2 Å². The molecule has 0 radical (unpaired) electrons. The number of nitrogens with zero attached hydrogens (tertiary/aromatic N) is 5. The number of hydrogen-bond acceptors (Lipinski definition) is 6. The maximum absolute atomic E-state index is 13.3. The van der Waals surface area contributed by atoms with Crippen molar-refractivity contribution in [2.24, 2.45) is 7.05 Å². The van der Waals surface area contributed by atoms with Crippen LogP contribution in [0.25, 0.3) is 22.3 Å². The van der Waals surface area contributed by atoms with E-state index < -0.39 is 5.91 Å². The van der Waals surface area contributed by atoms with Crippen LogP contribution in [0.3, 0.4) is 0 Å². The molecule has 0 fully saturated rings. The van der Waals surface area contributed by atoms with Crippen LogP contribution in [0.5, 0.6) is 0 Å². The molecule has 4 aromatic rings. The number of fused-ring (bicyclic) bond motifs is 1. The van der Waals surface area contributed by atoms with E-state index in [-0.39, 0.29) is 17.9 Å². The highest BCUT2D eigenvalue weighted by Gasteiger charge is 2.13. The molecular formula is C17H13FN6O2S. The second-order valence-corrected chi connectivity index (χ2v) is 6.64. The van der Waals surface area contributed by atoms with Crippen molar-refractivity contribution in [2.75, 3.05) is 5.32 Å². The van der Waals surface area contributed by atoms with Gasteiger partial charge in [0.1, 0.15) is 24.1 Å². The molecule has 10 heteroatoms. The van der Waals surface area contributed by atoms with Crippen molar-refractivity contribution in [1.29, 1.82) is 0 Å². The molecular weight excluding hydrogens is 371 g/mol. The molecule has 3 aromatic heterocycles. The average molecular weight is 384 g/mol. The van der Waals surface area contributed by atoms with Crippen molar-refractivity contribution < 1.29 is 9.18 Å². The Labute approximate surface area is 155 Å². The number of carbonyl (C=O) groups is 1. The number of halogens is 1. The number of thiazole rings is 1. The summed E-state index contributed by atoms with van der Waals surface area (Å²) in [5, 5.41) is 9.06. The third-order valence-electron chi connectivity index (χ3n) is 3.90. The molecule has 0 aliphatic heterocycles. The zero-order chi connectivity index (χ0) is 19.0. The first kappa shape index (κ1) is 17.0. The largest absolute Gasteiger partial charge is 0.300 e. The summed E-state index contributed by atoms with van der Waals surface area (Å²) in [6.45, 7) is -0.203. The number of benzene rings is 1. The molecule has 1 N–H and O–H groups in total. The van der Waals surface area contributed by atoms with E-state index >= 15 is 0 Å². The number of aryl methyl sites for hydroxylation is 1. The SMILES string of the molecule is Cn1ncc2c(=O)n(CC(=O)Nc3nc(-c4cccc(F)c4)cs3)cnc21. The Morgan fingerprint density at radius 2 is 2.22 bits per heavy atom. The van der Waals surface area contributed by atoms with Crippen molar-refractivity contribution >= 4 is 33.4 Å². The lowest BCUT2D eigenvalue weighted by molar-refractivity contribution is -0.116. The number of carbonyl (C=O) groups excluding carboxylic acids is 1. The van der Waals surface area contributed by atoms with Gasteiger partial charge in [-0.15, -0.1) is 11.3 Å². The van der Waals surface area contributed by atoms with E-state index in [4.69, 9.17) is 0 Å². The van der Waals surface area contributed by atoms with Crippen LogP contribution in [0.1, 0.15) is 0 Å². The molecule has 8 nitrogen and oxygen atoms in total. The number of aromatic nitrogens is 5. The number of rotatable bonds is 4. The summed E-state index contributed by atoms with van der Waals surface area (Å²) >= 11 is 1.22. The molecule has 1 amide bonds. The highest BCUT2D eigenvalue weighted by Crippen LogP contribution is 2.25. The van der Waals surface area contributed by atoms with E-state index in [0.29, 0.717) is 27.4 Å². The maximum atomic E-state index is 13.3. The Balaban J connectivity index is 1.50. The number of hydrogen-bond donors (Lipinski definition) is 1. The lowest BCUT2D eigenvalue weighted by Gasteiger charge is -2.05. The molecule has 0 aliphatic rings. The fourth-order valence-corrected chi connectivity index (χ4v) is 3.34. The second-order valence-electron chi connectivity index (χ2n) is 5.78. The van der Waals surface area contributed by atoms with Gasteiger partial charge in [-0.05, 0) is 12.1 Å². The highest BCUT2D eigenvalue weighted by atomic mass is 32.1. The van der Waals surface area contributed by atoms with Crippen molar-refractivity contribution in [2.45, 2.75) is 6.54 Å². The molecule has 0 spiro atoms. The Bertz CT molecular complexity index is 1210. The summed E-state index contributed by atoms with van der Waals surface area (Å²) in [6.07, 6.45) is 2.73. The summed E-state index contributed by atoms with van der Waals surface area (Å²) in [5.74, 6) is -0.772. The lowest BCUT2D eigenvalue weighted by Crippen LogP contribution is -2.27. The van der Waals surface area contributed by atoms with Crippen molar-refractivity contribution in [3.8, 4) is 11.3 Å². The Morgan fingerprint density at radius 1 is 1.37 bits per heavy atom. The van der Waals surface area contributed by atoms with Crippen LogP contribution in [0.2, 0.25) is 0 Å². The van der Waals surface area contributed by atoms with Gasteiger partial charge in [-0.2, -0.15) is 5.10 Å². The number of nitrogens with one attached hydrogen (secondary N) is 1. The van der Waals surface area contributed by atoms with Gasteiger partial charge in [0.15, 0.2) is 10.8 Å². The third-order valence-corrected chi connectivity index (χ3v) is 4.66. The average Bonchev–Trinajstić information content (AvgIpc) is 3.25. The first-order chi connectivity index (χ1) is 13.0. The quantitative estimate of drug-likeness (QED) is 0.581. The fourth-order valence-electron chi connectivity index (χ4n) is 2.60. The molecule has 4 rings (SSSR count). The smallest absolute Gasteiger partial charge is 0.264 e. The van der Waals surface area contributed by atoms with Crippen LogP contribution >= 0.6 is 11.3 Å². The van der Waals surface area contributed by atoms with Crippen molar-refractivity contribution in [3.05, 3.63) is 58.3 Å². The maximum Gasteiger partial charge on any atom is 0.264 e. The zero-order valence-corrected chi connectivity index (χ0v) is 14.9. The fraction of sp³-hybridized carbons (Fsp3) is 0.118. The Hall–Kier alpha value is -3.40. The van der Waals surface area contributed by atoms with Crippen molar-refractivity contribution in [1.82, 2.24) is 24.3 Å². The van der Waals surface area contributed by atoms with Crippen LogP contribution in [0.15, 0.2) is 47.0 Å². The van der Waals surface area contributed by atoms with Crippen molar-refractivity contribution in [3.63, 3.8) is 0 Å². The molecule has 0 unspecified atom stereocenters. The van der Waals surface area contributed by atoms with Crippen LogP contribution in [0.4, 0.5) is 9.52 Å². The van der Waals surface area contributed by atoms with Gasteiger partial charge in [0.05, 0.1) is 11.9 Å². The first-order valence-corrected chi connectivity index (χ1v) is 8.78. The van der Waals surface area contributed by atoms with Crippen LogP contribution in [0, 0.1) is 5.82 Å². The minimum absolute atomic E-state index is 0.203. The molecule has 0 saturated carbocycles. The van der Waals surface area contributed by atoms with Crippen LogP contribution in [-0.2, 0) is 18.4 Å². The van der Waals surface area contributed by atoms with Crippen LogP contribution < -0.4 is 10.9 Å². The highest BCUT2D eigenvalue weighted by molar-refractivity contribution is 7.14. The normalized spacial score (nSPS) is 11.0. The summed E-state index contributed by atoms with van der Waals surface area (Å²) in [7, 11) is 1.68. The van der Waals surface area contributed by atoms with E-state index in [9.17, 15) is 14.0 Å². The van der Waals surface area contributed by atoms with Gasteiger partial charge in [0.25, 0.3) is 5.56 Å². The van der Waals surface area contributed by atoms with Gasteiger partial charge >= 0.3 is 0 Å². The summed E-state index contributed by atoms with van der Waals surface area (Å²) in [5.41, 5.74) is 1.29. The summed E-state index contributed by atoms with van der Waals surface area (Å²) in [6, 6.07) is 6.05. The molecule has 0 aliphatic carbocycles. The standard InChI is InChI=1S/C17H13FN6O2S/c1-23-15-12(6-20-23)16(26)24(9-19-15)7-14(25)22-17-21-13(8-27-17)10-3-2-4-11(18)5-10/h2-6,8-9H,7H2,1H3,(H,21,22,25). The van der Waals surface area contributed by atoms with Gasteiger partial charge in [-0.3, -0.25) is 18.8 Å². The summed E-state index contributed by atoms with van der Waals surface area (Å²) < 4.78 is 16.0. The Morgan fingerprint density at radius 3 is 3.04 bits per heavy atom. The number of anilines is 1. The van der Waals surface area contributed by atoms with Gasteiger partial charge in [-0.1, -0.05) is 12.1 Å². The predicted molar refractivity (Wildman–Crippen MR) is 98.9 cm³/mol. The monoisotopic (exact) mass is 384 g/mol. The topological polar surface area (TPSA) is 94.7 Å². The number of amides is 1. The summed E-state index contributed by atoms with van der Waals surface area (Å²) in [4.78, 5) is 33.1. The minimum Gasteiger partial charge on any atom is -0.300 e. The van der Waals surface area contributed by atoms with Gasteiger partial charge < -0.3 is 5.32 Å². The van der Waals surface area contributed by atoms with E-state index in [1.807, 2.05) is 0 Å². The third kappa shape index (κ3) is 3.34. The van der Waals surface area contributed by atoms with E-state index in [0.717, 1.165) is 0 Å². The van der Waals surface area contributed by atoms with Gasteiger partial charge in [0, 0.05) is 18.0 Å². The van der Waals surface area contributed by atoms with Gasteiger partial charge in [0.2, 0.25) is 5.91 Å². The molecule has 0 saturated heterocycles. The minimum atomic E-state index is -0.415. The van der Waals surface area contributed by atoms with E-state index in [1.54, 1.807) is 24.6 Å². The van der Waals surface area contributed by atoms with E-state index in [2.05, 4.69) is 20.4 Å². The molecule has 136 valence electrons. The molecule has 0 atom stereocenters. The molecule has 27 heavy (non-hydrogen) atoms. The Kier molecular flexibility index (Phi) is 4.24. The first-order valence-electron chi connectivity index (χ1n) is 7.90. The molecule has 1 aromatic carbocycles. The van der Waals surface area contributed by atoms with Gasteiger partial charge in [-0.25, -0.2) is 14.4 Å². The molecule has 0 bridgehead atoms. The predicted octanol–water partition coefficient (Wildman–Crippen LogP) is 2.03. The second kappa shape index (κ2) is 6.72. The zero-order valence-electron chi connectivity index (χ0n) is 14.1. The molecule has 3 heterocycles.